The van der Waals surface area contributed by atoms with Gasteiger partial charge >= 0.3 is 138 Å². The zero-order chi connectivity index (χ0) is 15.9. The van der Waals surface area contributed by atoms with Gasteiger partial charge in [-0.1, -0.05) is 0 Å². The van der Waals surface area contributed by atoms with Crippen molar-refractivity contribution < 1.29 is 36.2 Å². The minimum absolute atomic E-state index is 0.102. The van der Waals surface area contributed by atoms with E-state index in [1.807, 2.05) is 18.2 Å². The van der Waals surface area contributed by atoms with Crippen LogP contribution in [0, 0.1) is 8.78 Å². The Balaban J connectivity index is 2.01. The molecule has 0 amide bonds. The van der Waals surface area contributed by atoms with Gasteiger partial charge in [-0.25, -0.2) is 0 Å². The molecule has 0 saturated heterocycles. The summed E-state index contributed by atoms with van der Waals surface area (Å²) in [4.78, 5) is 11.6. The number of aryl methyl sites for hydroxylation is 2. The summed E-state index contributed by atoms with van der Waals surface area (Å²) in [5.41, 5.74) is 1.33. The maximum atomic E-state index is 11.6. The van der Waals surface area contributed by atoms with E-state index >= 15 is 0 Å². The Kier molecular flexibility index (Phi) is 6.31. The Hall–Kier alpha value is -1.49. The van der Waals surface area contributed by atoms with Crippen LogP contribution in [-0.2, 0) is 17.7 Å². The molecule has 2 rings (SSSR count). The van der Waals surface area contributed by atoms with Crippen molar-refractivity contribution in [2.45, 2.75) is 19.4 Å². The van der Waals surface area contributed by atoms with Gasteiger partial charge in [-0.2, -0.15) is 0 Å². The molecule has 0 atom stereocenters. The minimum atomic E-state index is -1.38. The number of hydrogen-bond acceptors (Lipinski definition) is 6. The van der Waals surface area contributed by atoms with Gasteiger partial charge in [-0.3, -0.25) is 0 Å². The van der Waals surface area contributed by atoms with Crippen LogP contribution in [0.5, 0.6) is 0 Å². The van der Waals surface area contributed by atoms with Crippen molar-refractivity contribution in [2.75, 3.05) is 7.11 Å². The number of halogens is 1. The zero-order valence-corrected chi connectivity index (χ0v) is 14.1. The molecular weight excluding hydrogens is 401 g/mol. The summed E-state index contributed by atoms with van der Waals surface area (Å²) in [6.07, 6.45) is 3.38. The van der Waals surface area contributed by atoms with Crippen LogP contribution >= 0.6 is 0 Å². The fraction of sp³-hybridized carbons (Fsp3) is 0.286. The summed E-state index contributed by atoms with van der Waals surface area (Å²) in [7, 11) is 1.26. The molecule has 0 spiro atoms. The van der Waals surface area contributed by atoms with Gasteiger partial charge in [-0.05, 0) is 0 Å². The fourth-order valence-corrected chi connectivity index (χ4v) is 3.42. The Bertz CT molecular complexity index is 616. The first kappa shape index (κ1) is 16.9. The quantitative estimate of drug-likeness (QED) is 0.260. The molecule has 8 heteroatoms. The van der Waals surface area contributed by atoms with E-state index in [1.54, 1.807) is 10.9 Å². The average Bonchev–Trinajstić information content (AvgIpc) is 2.89. The molecule has 0 radical (unpaired) electrons. The molecule has 120 valence electrons. The number of rotatable bonds is 7. The van der Waals surface area contributed by atoms with E-state index in [1.165, 1.54) is 12.7 Å². The molecule has 0 saturated carbocycles. The Morgan fingerprint density at radius 2 is 2.18 bits per heavy atom. The van der Waals surface area contributed by atoms with E-state index in [0.717, 1.165) is 12.8 Å². The third kappa shape index (κ3) is 4.77. The van der Waals surface area contributed by atoms with Crippen LogP contribution in [0.15, 0.2) is 36.5 Å². The molecule has 7 nitrogen and oxygen atoms in total. The van der Waals surface area contributed by atoms with E-state index < -0.39 is 27.4 Å². The first-order chi connectivity index (χ1) is 10.6. The summed E-state index contributed by atoms with van der Waals surface area (Å²) in [5, 5.41) is 23.8. The van der Waals surface area contributed by atoms with Gasteiger partial charge in [0.2, 0.25) is 0 Å². The predicted octanol–water partition coefficient (Wildman–Crippen LogP) is -1.33. The molecule has 1 aromatic carbocycles. The van der Waals surface area contributed by atoms with Crippen molar-refractivity contribution in [3.63, 3.8) is 0 Å². The summed E-state index contributed by atoms with van der Waals surface area (Å²) >= 11 is -1.38. The number of nitrogens with zero attached hydrogens (tertiary/aromatic N) is 3. The van der Waals surface area contributed by atoms with Gasteiger partial charge < -0.3 is 0 Å². The number of ether oxygens (including phenoxy) is 1. The molecule has 1 N–H and O–H groups in total. The predicted molar refractivity (Wildman–Crippen MR) is 74.0 cm³/mol. The summed E-state index contributed by atoms with van der Waals surface area (Å²) in [6, 6.07) is 10.1. The number of methoxy groups -OCH3 is 1. The van der Waals surface area contributed by atoms with Crippen LogP contribution in [0.2, 0.25) is 0 Å². The molecule has 0 fully saturated rings. The van der Waals surface area contributed by atoms with Gasteiger partial charge in [0.1, 0.15) is 0 Å². The van der Waals surface area contributed by atoms with E-state index in [2.05, 4.69) is 22.0 Å². The molecule has 22 heavy (non-hydrogen) atoms. The SMILES string of the molecule is COC(=O)c1nn(CCCc2ccccc2)cc1[I-]N([O-])O. The van der Waals surface area contributed by atoms with E-state index in [9.17, 15) is 10.0 Å². The number of benzene rings is 1. The average molecular weight is 417 g/mol. The Labute approximate surface area is 138 Å². The van der Waals surface area contributed by atoms with Gasteiger partial charge in [0, 0.05) is 0 Å². The Morgan fingerprint density at radius 3 is 2.82 bits per heavy atom. The van der Waals surface area contributed by atoms with Crippen molar-refractivity contribution in [1.82, 2.24) is 13.2 Å². The molecule has 1 heterocycles. The molecule has 0 aliphatic rings. The van der Waals surface area contributed by atoms with Crippen molar-refractivity contribution >= 4 is 5.97 Å². The first-order valence-electron chi connectivity index (χ1n) is 6.61. The van der Waals surface area contributed by atoms with Crippen molar-refractivity contribution in [2.24, 2.45) is 0 Å². The fourth-order valence-electron chi connectivity index (χ4n) is 1.98. The number of aromatic nitrogens is 2. The van der Waals surface area contributed by atoms with E-state index in [4.69, 9.17) is 5.21 Å². The third-order valence-corrected chi connectivity index (χ3v) is 4.68. The summed E-state index contributed by atoms with van der Waals surface area (Å²) in [6.45, 7) is 0.618. The van der Waals surface area contributed by atoms with Crippen LogP contribution in [-0.4, -0.2) is 31.5 Å². The van der Waals surface area contributed by atoms with Gasteiger partial charge in [-0.15, -0.1) is 0 Å². The second kappa shape index (κ2) is 8.22. The van der Waals surface area contributed by atoms with Crippen LogP contribution in [0.3, 0.4) is 0 Å². The molecule has 0 unspecified atom stereocenters. The zero-order valence-electron chi connectivity index (χ0n) is 12.0. The first-order valence-corrected chi connectivity index (χ1v) is 8.65. The van der Waals surface area contributed by atoms with Crippen LogP contribution in [0.25, 0.3) is 0 Å². The van der Waals surface area contributed by atoms with Crippen LogP contribution < -0.4 is 21.5 Å². The standard InChI is InChI=1S/C14H16IN3O4/c1-22-14(19)13-12(15-18(20)21)10-17(16-13)9-5-8-11-6-3-2-4-7-11/h2-4,6-7,10,20H,5,8-9H2,1H3/q-2. The molecule has 2 aromatic rings. The van der Waals surface area contributed by atoms with Crippen molar-refractivity contribution in [3.05, 3.63) is 56.6 Å². The van der Waals surface area contributed by atoms with E-state index in [0.29, 0.717) is 10.1 Å². The molecule has 1 aromatic heterocycles. The molecular formula is C14H16IN3O4-2. The molecule has 0 aliphatic carbocycles. The monoisotopic (exact) mass is 417 g/mol. The van der Waals surface area contributed by atoms with Gasteiger partial charge in [0.05, 0.1) is 0 Å². The summed E-state index contributed by atoms with van der Waals surface area (Å²) in [5.74, 6) is -0.599. The normalized spacial score (nSPS) is 11.1. The number of carbonyl (C=O) groups is 1. The van der Waals surface area contributed by atoms with E-state index in [-0.39, 0.29) is 9.13 Å². The molecule has 0 bridgehead atoms. The second-order valence-electron chi connectivity index (χ2n) is 4.48. The Morgan fingerprint density at radius 1 is 1.45 bits per heavy atom. The third-order valence-electron chi connectivity index (χ3n) is 2.95. The number of esters is 1. The van der Waals surface area contributed by atoms with Gasteiger partial charge in [0.25, 0.3) is 0 Å². The maximum absolute atomic E-state index is 11.6. The summed E-state index contributed by atoms with van der Waals surface area (Å²) < 4.78 is 6.58. The van der Waals surface area contributed by atoms with Crippen molar-refractivity contribution in [1.29, 1.82) is 0 Å². The number of hydrogen-bond donors (Lipinski definition) is 1. The molecule has 0 aliphatic heterocycles. The topological polar surface area (TPSA) is 90.7 Å². The second-order valence-corrected chi connectivity index (χ2v) is 6.95. The number of carbonyl (C=O) groups excluding carboxylic acids is 1. The van der Waals surface area contributed by atoms with Gasteiger partial charge in [0.15, 0.2) is 0 Å². The van der Waals surface area contributed by atoms with Crippen molar-refractivity contribution in [3.8, 4) is 0 Å². The van der Waals surface area contributed by atoms with Crippen LogP contribution in [0.4, 0.5) is 0 Å². The van der Waals surface area contributed by atoms with Crippen LogP contribution in [0.1, 0.15) is 22.5 Å².